The molecule has 6 heteroatoms. The quantitative estimate of drug-likeness (QED) is 0.602. The minimum atomic E-state index is 0.574. The van der Waals surface area contributed by atoms with Crippen LogP contribution in [0.1, 0.15) is 11.5 Å². The highest BCUT2D eigenvalue weighted by Gasteiger charge is 2.10. The zero-order valence-electron chi connectivity index (χ0n) is 13.6. The van der Waals surface area contributed by atoms with Gasteiger partial charge in [0.15, 0.2) is 0 Å². The molecule has 0 spiro atoms. The lowest BCUT2D eigenvalue weighted by molar-refractivity contribution is 0.385. The van der Waals surface area contributed by atoms with Crippen molar-refractivity contribution in [1.82, 2.24) is 20.3 Å². The van der Waals surface area contributed by atoms with Crippen LogP contribution in [0.15, 0.2) is 65.3 Å². The maximum absolute atomic E-state index is 5.40. The average Bonchev–Trinajstić information content (AvgIpc) is 3.35. The van der Waals surface area contributed by atoms with Crippen LogP contribution in [0.2, 0.25) is 0 Å². The van der Waals surface area contributed by atoms with Crippen molar-refractivity contribution in [2.75, 3.05) is 7.11 Å². The van der Waals surface area contributed by atoms with Gasteiger partial charge in [0.05, 0.1) is 19.2 Å². The van der Waals surface area contributed by atoms with Crippen LogP contribution in [0, 0.1) is 0 Å². The molecule has 0 fully saturated rings. The van der Waals surface area contributed by atoms with E-state index in [9.17, 15) is 0 Å². The average molecular weight is 332 g/mol. The number of methoxy groups -OCH3 is 1. The number of nitrogens with zero attached hydrogens (tertiary/aromatic N) is 3. The zero-order valence-corrected chi connectivity index (χ0v) is 13.6. The highest BCUT2D eigenvalue weighted by molar-refractivity contribution is 5.67. The van der Waals surface area contributed by atoms with E-state index in [0.29, 0.717) is 18.1 Å². The van der Waals surface area contributed by atoms with Crippen molar-refractivity contribution in [2.24, 2.45) is 0 Å². The molecule has 0 amide bonds. The standard InChI is InChI=1S/C19H16N4O2/c1-24-16-7-5-13(6-8-16)11-18-21-19(23-25-18)15-4-2-3-14(12-15)17-9-10-20-22-17/h2-10,12H,11H2,1H3,(H,20,22). The van der Waals surface area contributed by atoms with E-state index in [1.54, 1.807) is 13.3 Å². The summed E-state index contributed by atoms with van der Waals surface area (Å²) in [5.74, 6) is 1.97. The highest BCUT2D eigenvalue weighted by atomic mass is 16.5. The summed E-state index contributed by atoms with van der Waals surface area (Å²) in [6.45, 7) is 0. The Morgan fingerprint density at radius 1 is 1.04 bits per heavy atom. The van der Waals surface area contributed by atoms with Crippen molar-refractivity contribution in [3.05, 3.63) is 72.2 Å². The Labute approximate surface area is 144 Å². The van der Waals surface area contributed by atoms with Gasteiger partial charge in [0.25, 0.3) is 0 Å². The summed E-state index contributed by atoms with van der Waals surface area (Å²) in [7, 11) is 1.65. The molecule has 0 unspecified atom stereocenters. The topological polar surface area (TPSA) is 76.8 Å². The largest absolute Gasteiger partial charge is 0.497 e. The maximum atomic E-state index is 5.40. The fraction of sp³-hybridized carbons (Fsp3) is 0.105. The SMILES string of the molecule is COc1ccc(Cc2nc(-c3cccc(-c4ccn[nH]4)c3)no2)cc1. The van der Waals surface area contributed by atoms with Gasteiger partial charge in [-0.3, -0.25) is 5.10 Å². The van der Waals surface area contributed by atoms with Crippen LogP contribution >= 0.6 is 0 Å². The lowest BCUT2D eigenvalue weighted by Gasteiger charge is -2.00. The minimum Gasteiger partial charge on any atom is -0.497 e. The molecule has 4 rings (SSSR count). The Balaban J connectivity index is 1.55. The molecule has 0 aliphatic rings. The second-order valence-corrected chi connectivity index (χ2v) is 5.59. The Morgan fingerprint density at radius 2 is 1.88 bits per heavy atom. The van der Waals surface area contributed by atoms with Crippen LogP contribution in [0.4, 0.5) is 0 Å². The van der Waals surface area contributed by atoms with Gasteiger partial charge < -0.3 is 9.26 Å². The molecular formula is C19H16N4O2. The van der Waals surface area contributed by atoms with Crippen molar-refractivity contribution in [2.45, 2.75) is 6.42 Å². The smallest absolute Gasteiger partial charge is 0.231 e. The van der Waals surface area contributed by atoms with Gasteiger partial charge in [0, 0.05) is 17.3 Å². The molecule has 2 aromatic carbocycles. The lowest BCUT2D eigenvalue weighted by atomic mass is 10.1. The first-order valence-electron chi connectivity index (χ1n) is 7.87. The van der Waals surface area contributed by atoms with Gasteiger partial charge in [-0.1, -0.05) is 35.5 Å². The molecule has 6 nitrogen and oxygen atoms in total. The molecule has 0 aliphatic heterocycles. The third kappa shape index (κ3) is 3.28. The van der Waals surface area contributed by atoms with E-state index < -0.39 is 0 Å². The Morgan fingerprint density at radius 3 is 2.64 bits per heavy atom. The maximum Gasteiger partial charge on any atom is 0.231 e. The third-order valence-corrected chi connectivity index (χ3v) is 3.92. The van der Waals surface area contributed by atoms with Gasteiger partial charge >= 0.3 is 0 Å². The van der Waals surface area contributed by atoms with E-state index in [-0.39, 0.29) is 0 Å². The predicted octanol–water partition coefficient (Wildman–Crippen LogP) is 3.73. The fourth-order valence-electron chi connectivity index (χ4n) is 2.60. The van der Waals surface area contributed by atoms with Crippen LogP contribution < -0.4 is 4.74 Å². The Kier molecular flexibility index (Phi) is 4.00. The predicted molar refractivity (Wildman–Crippen MR) is 93.1 cm³/mol. The minimum absolute atomic E-state index is 0.574. The summed E-state index contributed by atoms with van der Waals surface area (Å²) >= 11 is 0. The number of benzene rings is 2. The number of hydrogen-bond acceptors (Lipinski definition) is 5. The van der Waals surface area contributed by atoms with Gasteiger partial charge in [-0.05, 0) is 29.8 Å². The van der Waals surface area contributed by atoms with Crippen LogP contribution in [0.25, 0.3) is 22.6 Å². The van der Waals surface area contributed by atoms with Crippen LogP contribution in [-0.4, -0.2) is 27.4 Å². The van der Waals surface area contributed by atoms with Crippen molar-refractivity contribution in [3.63, 3.8) is 0 Å². The van der Waals surface area contributed by atoms with E-state index in [0.717, 1.165) is 28.1 Å². The summed E-state index contributed by atoms with van der Waals surface area (Å²) in [6, 6.07) is 17.7. The highest BCUT2D eigenvalue weighted by Crippen LogP contribution is 2.24. The first-order valence-corrected chi connectivity index (χ1v) is 7.87. The molecule has 0 saturated heterocycles. The second-order valence-electron chi connectivity index (χ2n) is 5.59. The van der Waals surface area contributed by atoms with Crippen LogP contribution in [0.5, 0.6) is 5.75 Å². The molecule has 124 valence electrons. The van der Waals surface area contributed by atoms with E-state index >= 15 is 0 Å². The molecule has 25 heavy (non-hydrogen) atoms. The summed E-state index contributed by atoms with van der Waals surface area (Å²) in [5.41, 5.74) is 3.96. The second kappa shape index (κ2) is 6.60. The molecule has 0 radical (unpaired) electrons. The Bertz CT molecular complexity index is 959. The summed E-state index contributed by atoms with van der Waals surface area (Å²) in [5, 5.41) is 11.0. The molecule has 0 bridgehead atoms. The molecule has 0 aliphatic carbocycles. The van der Waals surface area contributed by atoms with Gasteiger partial charge in [-0.2, -0.15) is 10.1 Å². The number of rotatable bonds is 5. The van der Waals surface area contributed by atoms with E-state index in [2.05, 4.69) is 20.3 Å². The Hall–Kier alpha value is -3.41. The zero-order chi connectivity index (χ0) is 17.1. The first kappa shape index (κ1) is 15.1. The summed E-state index contributed by atoms with van der Waals surface area (Å²) in [6.07, 6.45) is 2.31. The van der Waals surface area contributed by atoms with Gasteiger partial charge in [-0.15, -0.1) is 0 Å². The normalized spacial score (nSPS) is 10.8. The number of aromatic nitrogens is 4. The van der Waals surface area contributed by atoms with Gasteiger partial charge in [0.2, 0.25) is 11.7 Å². The molecule has 2 aromatic heterocycles. The third-order valence-electron chi connectivity index (χ3n) is 3.92. The monoisotopic (exact) mass is 332 g/mol. The number of hydrogen-bond donors (Lipinski definition) is 1. The van der Waals surface area contributed by atoms with E-state index in [1.165, 1.54) is 0 Å². The molecular weight excluding hydrogens is 316 g/mol. The first-order chi connectivity index (χ1) is 12.3. The summed E-state index contributed by atoms with van der Waals surface area (Å²) < 4.78 is 10.6. The molecule has 4 aromatic rings. The fourth-order valence-corrected chi connectivity index (χ4v) is 2.60. The van der Waals surface area contributed by atoms with Crippen molar-refractivity contribution in [3.8, 4) is 28.4 Å². The number of nitrogens with one attached hydrogen (secondary N) is 1. The molecule has 1 N–H and O–H groups in total. The van der Waals surface area contributed by atoms with Crippen LogP contribution in [0.3, 0.4) is 0 Å². The number of ether oxygens (including phenoxy) is 1. The van der Waals surface area contributed by atoms with Crippen molar-refractivity contribution in [1.29, 1.82) is 0 Å². The van der Waals surface area contributed by atoms with Crippen molar-refractivity contribution >= 4 is 0 Å². The van der Waals surface area contributed by atoms with Gasteiger partial charge in [0.1, 0.15) is 5.75 Å². The number of aromatic amines is 1. The summed E-state index contributed by atoms with van der Waals surface area (Å²) in [4.78, 5) is 4.51. The van der Waals surface area contributed by atoms with Crippen molar-refractivity contribution < 1.29 is 9.26 Å². The number of H-pyrrole nitrogens is 1. The molecule has 2 heterocycles. The van der Waals surface area contributed by atoms with Crippen LogP contribution in [-0.2, 0) is 6.42 Å². The van der Waals surface area contributed by atoms with E-state index in [4.69, 9.17) is 9.26 Å². The molecule has 0 saturated carbocycles. The van der Waals surface area contributed by atoms with Gasteiger partial charge in [-0.25, -0.2) is 0 Å². The lowest BCUT2D eigenvalue weighted by Crippen LogP contribution is -1.90. The van der Waals surface area contributed by atoms with E-state index in [1.807, 2.05) is 54.6 Å². The molecule has 0 atom stereocenters.